The smallest absolute Gasteiger partial charge is 0.262 e. The van der Waals surface area contributed by atoms with Gasteiger partial charge in [-0.25, -0.2) is 14.6 Å². The number of rotatable bonds is 13. The number of nitrogen functional groups attached to an aromatic ring is 1. The summed E-state index contributed by atoms with van der Waals surface area (Å²) in [6.07, 6.45) is 16.2. The highest BCUT2D eigenvalue weighted by molar-refractivity contribution is 6.23. The predicted octanol–water partition coefficient (Wildman–Crippen LogP) is 7.90. The van der Waals surface area contributed by atoms with Crippen molar-refractivity contribution >= 4 is 40.5 Å². The zero-order chi connectivity index (χ0) is 42.3. The van der Waals surface area contributed by atoms with Crippen LogP contribution in [0.5, 0.6) is 11.5 Å². The van der Waals surface area contributed by atoms with Gasteiger partial charge in [-0.2, -0.15) is 5.10 Å². The molecule has 5 heterocycles. The summed E-state index contributed by atoms with van der Waals surface area (Å²) in [6, 6.07) is 23.2. The van der Waals surface area contributed by atoms with E-state index in [-0.39, 0.29) is 24.8 Å². The Labute approximate surface area is 361 Å². The number of ether oxygens (including phenoxy) is 1. The van der Waals surface area contributed by atoms with Crippen LogP contribution < -0.4 is 15.8 Å². The molecular formula is C49H54N8O5. The zero-order valence-electron chi connectivity index (χ0n) is 35.1. The first-order valence-electron chi connectivity index (χ1n) is 22.7. The number of carbonyl (C=O) groups excluding carboxylic acids is 4. The third-order valence-corrected chi connectivity index (χ3v) is 14.4. The SMILES string of the molecule is Nc1ncnc2c1c(-c1ccc(Oc3ccccc3)cc1)nn2C1CCN(C2CC(CCC3CCC(CCCc4ccc5c(c4)C(=O)N(C4CCC(=O)NC4=O)C5=O)C3)C2)CC1. The van der Waals surface area contributed by atoms with E-state index < -0.39 is 23.8 Å². The summed E-state index contributed by atoms with van der Waals surface area (Å²) in [4.78, 5) is 63.1. The molecule has 10 rings (SSSR count). The third-order valence-electron chi connectivity index (χ3n) is 14.4. The fourth-order valence-corrected chi connectivity index (χ4v) is 10.9. The lowest BCUT2D eigenvalue weighted by molar-refractivity contribution is -0.136. The molecule has 13 nitrogen and oxygen atoms in total. The number of aromatic nitrogens is 4. The van der Waals surface area contributed by atoms with E-state index in [4.69, 9.17) is 15.6 Å². The number of nitrogens with zero attached hydrogens (tertiary/aromatic N) is 6. The van der Waals surface area contributed by atoms with Gasteiger partial charge in [-0.3, -0.25) is 29.4 Å². The Bertz CT molecular complexity index is 2490. The van der Waals surface area contributed by atoms with Gasteiger partial charge in [-0.1, -0.05) is 56.4 Å². The molecule has 2 aromatic heterocycles. The summed E-state index contributed by atoms with van der Waals surface area (Å²) in [5.74, 6) is 2.56. The van der Waals surface area contributed by atoms with Gasteiger partial charge in [0, 0.05) is 31.1 Å². The van der Waals surface area contributed by atoms with Crippen LogP contribution in [0.3, 0.4) is 0 Å². The maximum Gasteiger partial charge on any atom is 0.262 e. The van der Waals surface area contributed by atoms with E-state index in [1.54, 1.807) is 12.4 Å². The number of hydrogen-bond acceptors (Lipinski definition) is 10. The number of anilines is 1. The Hall–Kier alpha value is -5.95. The monoisotopic (exact) mass is 834 g/mol. The van der Waals surface area contributed by atoms with Gasteiger partial charge in [-0.15, -0.1) is 0 Å². The van der Waals surface area contributed by atoms with Crippen LogP contribution in [0.4, 0.5) is 5.82 Å². The van der Waals surface area contributed by atoms with Crippen molar-refractivity contribution in [2.45, 2.75) is 108 Å². The largest absolute Gasteiger partial charge is 0.457 e. The Balaban J connectivity index is 0.656. The summed E-state index contributed by atoms with van der Waals surface area (Å²) < 4.78 is 8.12. The quantitative estimate of drug-likeness (QED) is 0.111. The van der Waals surface area contributed by atoms with Gasteiger partial charge in [0.15, 0.2) is 5.65 Å². The second-order valence-electron chi connectivity index (χ2n) is 18.3. The summed E-state index contributed by atoms with van der Waals surface area (Å²) in [5, 5.41) is 8.20. The summed E-state index contributed by atoms with van der Waals surface area (Å²) in [5.41, 5.74) is 10.8. The van der Waals surface area contributed by atoms with Gasteiger partial charge < -0.3 is 15.4 Å². The van der Waals surface area contributed by atoms with E-state index in [2.05, 4.69) is 24.9 Å². The average molecular weight is 835 g/mol. The van der Waals surface area contributed by atoms with Crippen LogP contribution in [0.1, 0.15) is 116 Å². The molecule has 5 aromatic rings. The zero-order valence-corrected chi connectivity index (χ0v) is 35.1. The topological polar surface area (TPSA) is 166 Å². The van der Waals surface area contributed by atoms with Gasteiger partial charge in [0.1, 0.15) is 35.4 Å². The molecule has 4 amide bonds. The Kier molecular flexibility index (Phi) is 11.1. The second kappa shape index (κ2) is 17.1. The molecule has 0 radical (unpaired) electrons. The second-order valence-corrected chi connectivity index (χ2v) is 18.3. The van der Waals surface area contributed by atoms with Crippen molar-refractivity contribution in [3.63, 3.8) is 0 Å². The Morgan fingerprint density at radius 1 is 0.726 bits per heavy atom. The van der Waals surface area contributed by atoms with Crippen molar-refractivity contribution in [1.82, 2.24) is 34.9 Å². The first-order chi connectivity index (χ1) is 30.3. The number of para-hydroxylation sites is 1. The molecule has 0 bridgehead atoms. The fraction of sp³-hybridized carbons (Fsp3) is 0.449. The first kappa shape index (κ1) is 40.1. The highest BCUT2D eigenvalue weighted by atomic mass is 16.5. The molecule has 4 fully saturated rings. The number of piperidine rings is 2. The molecular weight excluding hydrogens is 781 g/mol. The molecule has 3 atom stereocenters. The molecule has 2 saturated heterocycles. The van der Waals surface area contributed by atoms with Crippen LogP contribution in [-0.4, -0.2) is 78.4 Å². The number of hydrogen-bond donors (Lipinski definition) is 2. The number of nitrogens with one attached hydrogen (secondary N) is 1. The normalized spacial score (nSPS) is 24.4. The maximum atomic E-state index is 13.2. The number of nitrogens with two attached hydrogens (primary N) is 1. The van der Waals surface area contributed by atoms with Gasteiger partial charge in [0.2, 0.25) is 11.8 Å². The van der Waals surface area contributed by atoms with Crippen molar-refractivity contribution in [3.8, 4) is 22.8 Å². The molecule has 3 unspecified atom stereocenters. The molecule has 0 spiro atoms. The van der Waals surface area contributed by atoms with Crippen molar-refractivity contribution in [2.24, 2.45) is 17.8 Å². The minimum atomic E-state index is -0.936. The van der Waals surface area contributed by atoms with Crippen LogP contribution in [-0.2, 0) is 16.0 Å². The molecule has 2 aliphatic carbocycles. The number of imide groups is 2. The minimum Gasteiger partial charge on any atom is -0.457 e. The van der Waals surface area contributed by atoms with E-state index in [1.807, 2.05) is 66.7 Å². The minimum absolute atomic E-state index is 0.117. The van der Waals surface area contributed by atoms with Crippen molar-refractivity contribution in [2.75, 3.05) is 18.8 Å². The van der Waals surface area contributed by atoms with Gasteiger partial charge in [0.05, 0.1) is 22.6 Å². The van der Waals surface area contributed by atoms with Crippen molar-refractivity contribution in [3.05, 3.63) is 95.8 Å². The molecule has 3 N–H and O–H groups in total. The van der Waals surface area contributed by atoms with Crippen LogP contribution in [0.2, 0.25) is 0 Å². The molecule has 3 aromatic carbocycles. The van der Waals surface area contributed by atoms with Crippen LogP contribution >= 0.6 is 0 Å². The van der Waals surface area contributed by atoms with E-state index in [0.29, 0.717) is 23.0 Å². The summed E-state index contributed by atoms with van der Waals surface area (Å²) >= 11 is 0. The number of amides is 4. The van der Waals surface area contributed by atoms with Gasteiger partial charge in [-0.05, 0) is 123 Å². The molecule has 320 valence electrons. The lowest BCUT2D eigenvalue weighted by Gasteiger charge is -2.46. The fourth-order valence-electron chi connectivity index (χ4n) is 10.9. The van der Waals surface area contributed by atoms with Gasteiger partial charge in [0.25, 0.3) is 11.8 Å². The van der Waals surface area contributed by atoms with E-state index in [0.717, 1.165) is 101 Å². The lowest BCUT2D eigenvalue weighted by Crippen LogP contribution is -2.54. The van der Waals surface area contributed by atoms with Crippen molar-refractivity contribution in [1.29, 1.82) is 0 Å². The van der Waals surface area contributed by atoms with Crippen molar-refractivity contribution < 1.29 is 23.9 Å². The predicted molar refractivity (Wildman–Crippen MR) is 234 cm³/mol. The van der Waals surface area contributed by atoms with E-state index in [9.17, 15) is 19.2 Å². The number of likely N-dealkylation sites (tertiary alicyclic amines) is 1. The number of carbonyl (C=O) groups is 4. The molecule has 3 aliphatic heterocycles. The van der Waals surface area contributed by atoms with Crippen LogP contribution in [0, 0.1) is 17.8 Å². The van der Waals surface area contributed by atoms with Gasteiger partial charge >= 0.3 is 0 Å². The van der Waals surface area contributed by atoms with Crippen LogP contribution in [0.25, 0.3) is 22.3 Å². The highest BCUT2D eigenvalue weighted by Crippen LogP contribution is 2.43. The molecule has 13 heteroatoms. The maximum absolute atomic E-state index is 13.2. The third kappa shape index (κ3) is 7.98. The lowest BCUT2D eigenvalue weighted by atomic mass is 9.75. The van der Waals surface area contributed by atoms with Crippen LogP contribution in [0.15, 0.2) is 79.1 Å². The molecule has 5 aliphatic rings. The highest BCUT2D eigenvalue weighted by Gasteiger charge is 2.45. The Morgan fingerprint density at radius 2 is 1.45 bits per heavy atom. The molecule has 62 heavy (non-hydrogen) atoms. The number of aryl methyl sites for hydroxylation is 1. The van der Waals surface area contributed by atoms with E-state index in [1.165, 1.54) is 51.4 Å². The summed E-state index contributed by atoms with van der Waals surface area (Å²) in [6.45, 7) is 2.13. The van der Waals surface area contributed by atoms with E-state index >= 15 is 0 Å². The Morgan fingerprint density at radius 3 is 2.23 bits per heavy atom. The molecule has 2 saturated carbocycles. The number of benzene rings is 3. The number of fused-ring (bicyclic) bond motifs is 2. The first-order valence-corrected chi connectivity index (χ1v) is 22.7. The summed E-state index contributed by atoms with van der Waals surface area (Å²) in [7, 11) is 0. The average Bonchev–Trinajstić information content (AvgIpc) is 3.96. The standard InChI is InChI=1S/C49H54N8O5/c50-45-43-44(34-14-16-38(17-15-34)62-37-7-2-1-3-8-37)54-57(46(43)52-29-51-45)35-21-23-55(24-22-35)36-26-33(27-36)12-11-32-10-9-30(25-32)5-4-6-31-13-18-39-40(28-31)49(61)56(48(39)60)41-19-20-42(58)53-47(41)59/h1-3,7-8,13-18,28-30,32-33,35-36,41H,4-6,9-12,19-27H2,(H2,50,51,52)(H,53,58,59).